The molecule has 2 aromatic carbocycles. The smallest absolute Gasteiger partial charge is 0.324 e. The van der Waals surface area contributed by atoms with E-state index in [-0.39, 0.29) is 11.5 Å². The summed E-state index contributed by atoms with van der Waals surface area (Å²) in [6.07, 6.45) is -1.69. The summed E-state index contributed by atoms with van der Waals surface area (Å²) in [6, 6.07) is 9.68. The molecule has 29 heavy (non-hydrogen) atoms. The fraction of sp³-hybridized carbons (Fsp3) is 0.158. The molecular weight excluding hydrogens is 387 g/mol. The summed E-state index contributed by atoms with van der Waals surface area (Å²) >= 11 is 0. The van der Waals surface area contributed by atoms with E-state index < -0.39 is 23.7 Å². The van der Waals surface area contributed by atoms with E-state index >= 15 is 0 Å². The molecule has 150 valence electrons. The van der Waals surface area contributed by atoms with Crippen LogP contribution in [0, 0.1) is 0 Å². The number of hydrogen-bond acceptors (Lipinski definition) is 4. The molecule has 0 radical (unpaired) electrons. The van der Waals surface area contributed by atoms with Crippen molar-refractivity contribution < 1.29 is 22.8 Å². The third kappa shape index (κ3) is 4.98. The van der Waals surface area contributed by atoms with Gasteiger partial charge >= 0.3 is 6.18 Å². The first-order valence-corrected chi connectivity index (χ1v) is 8.47. The van der Waals surface area contributed by atoms with Gasteiger partial charge in [0, 0.05) is 16.9 Å². The molecule has 0 aliphatic rings. The average molecular weight is 403 g/mol. The van der Waals surface area contributed by atoms with Crippen LogP contribution in [0.4, 0.5) is 24.5 Å². The number of aromatic nitrogens is 3. The zero-order valence-electron chi connectivity index (χ0n) is 15.1. The van der Waals surface area contributed by atoms with E-state index in [0.717, 1.165) is 24.3 Å². The van der Waals surface area contributed by atoms with Crippen LogP contribution in [0.15, 0.2) is 61.2 Å². The largest absolute Gasteiger partial charge is 0.416 e. The molecule has 0 fully saturated rings. The van der Waals surface area contributed by atoms with Gasteiger partial charge in [-0.3, -0.25) is 9.59 Å². The van der Waals surface area contributed by atoms with Crippen molar-refractivity contribution in [3.8, 4) is 0 Å². The number of rotatable bonds is 5. The number of amides is 2. The van der Waals surface area contributed by atoms with E-state index in [4.69, 9.17) is 0 Å². The summed E-state index contributed by atoms with van der Waals surface area (Å²) in [5.41, 5.74) is 0.206. The van der Waals surface area contributed by atoms with E-state index in [1.807, 2.05) is 0 Å². The lowest BCUT2D eigenvalue weighted by Gasteiger charge is -2.12. The SMILES string of the molecule is CC(C(=O)Nc1ccc(NC(=O)c2ccc(C(F)(F)F)cc2)cc1)n1cncn1. The molecule has 2 N–H and O–H groups in total. The van der Waals surface area contributed by atoms with Gasteiger partial charge in [0.25, 0.3) is 5.91 Å². The Kier molecular flexibility index (Phi) is 5.62. The van der Waals surface area contributed by atoms with Gasteiger partial charge in [-0.15, -0.1) is 0 Å². The second kappa shape index (κ2) is 8.13. The van der Waals surface area contributed by atoms with Crippen molar-refractivity contribution in [2.45, 2.75) is 19.1 Å². The molecule has 0 aliphatic heterocycles. The maximum atomic E-state index is 12.6. The number of halogens is 3. The lowest BCUT2D eigenvalue weighted by molar-refractivity contribution is -0.137. The predicted molar refractivity (Wildman–Crippen MR) is 99.2 cm³/mol. The quantitative estimate of drug-likeness (QED) is 0.679. The molecule has 3 aromatic rings. The second-order valence-corrected chi connectivity index (χ2v) is 6.15. The fourth-order valence-corrected chi connectivity index (χ4v) is 2.43. The zero-order chi connectivity index (χ0) is 21.0. The lowest BCUT2D eigenvalue weighted by atomic mass is 10.1. The van der Waals surface area contributed by atoms with Crippen molar-refractivity contribution in [1.82, 2.24) is 14.8 Å². The van der Waals surface area contributed by atoms with Crippen LogP contribution in [-0.4, -0.2) is 26.6 Å². The first-order valence-electron chi connectivity index (χ1n) is 8.47. The highest BCUT2D eigenvalue weighted by molar-refractivity contribution is 6.04. The fourth-order valence-electron chi connectivity index (χ4n) is 2.43. The van der Waals surface area contributed by atoms with Gasteiger partial charge in [0.15, 0.2) is 0 Å². The summed E-state index contributed by atoms with van der Waals surface area (Å²) in [6.45, 7) is 1.67. The standard InChI is InChI=1S/C19H16F3N5O2/c1-12(27-11-23-10-24-27)17(28)25-15-6-8-16(9-7-15)26-18(29)13-2-4-14(5-3-13)19(20,21)22/h2-12H,1H3,(H,25,28)(H,26,29). The van der Waals surface area contributed by atoms with Gasteiger partial charge in [-0.05, 0) is 55.5 Å². The molecule has 0 spiro atoms. The Hall–Kier alpha value is -3.69. The topological polar surface area (TPSA) is 88.9 Å². The van der Waals surface area contributed by atoms with Crippen molar-refractivity contribution >= 4 is 23.2 Å². The van der Waals surface area contributed by atoms with Crippen LogP contribution in [0.3, 0.4) is 0 Å². The van der Waals surface area contributed by atoms with Gasteiger partial charge in [0.1, 0.15) is 18.7 Å². The van der Waals surface area contributed by atoms with Crippen molar-refractivity contribution in [3.63, 3.8) is 0 Å². The van der Waals surface area contributed by atoms with Crippen molar-refractivity contribution in [2.24, 2.45) is 0 Å². The van der Waals surface area contributed by atoms with Crippen LogP contribution in [0.2, 0.25) is 0 Å². The molecule has 0 aliphatic carbocycles. The molecule has 10 heteroatoms. The van der Waals surface area contributed by atoms with E-state index in [9.17, 15) is 22.8 Å². The van der Waals surface area contributed by atoms with Crippen molar-refractivity contribution in [3.05, 3.63) is 72.3 Å². The molecule has 7 nitrogen and oxygen atoms in total. The molecular formula is C19H16F3N5O2. The summed E-state index contributed by atoms with van der Waals surface area (Å²) < 4.78 is 39.2. The van der Waals surface area contributed by atoms with Crippen LogP contribution < -0.4 is 10.6 Å². The number of carbonyl (C=O) groups is 2. The number of nitrogens with zero attached hydrogens (tertiary/aromatic N) is 3. The number of anilines is 2. The van der Waals surface area contributed by atoms with Crippen LogP contribution in [0.1, 0.15) is 28.9 Å². The van der Waals surface area contributed by atoms with Gasteiger partial charge in [0.05, 0.1) is 5.56 Å². The van der Waals surface area contributed by atoms with Crippen LogP contribution in [0.5, 0.6) is 0 Å². The van der Waals surface area contributed by atoms with Gasteiger partial charge in [-0.2, -0.15) is 18.3 Å². The molecule has 1 unspecified atom stereocenters. The highest BCUT2D eigenvalue weighted by Gasteiger charge is 2.30. The Morgan fingerprint density at radius 1 is 0.966 bits per heavy atom. The summed E-state index contributed by atoms with van der Waals surface area (Å²) in [5, 5.41) is 9.21. The third-order valence-electron chi connectivity index (χ3n) is 4.10. The second-order valence-electron chi connectivity index (χ2n) is 6.15. The lowest BCUT2D eigenvalue weighted by Crippen LogP contribution is -2.24. The molecule has 0 saturated heterocycles. The molecule has 0 bridgehead atoms. The Morgan fingerprint density at radius 2 is 1.55 bits per heavy atom. The molecule has 3 rings (SSSR count). The molecule has 1 aromatic heterocycles. The van der Waals surface area contributed by atoms with Crippen LogP contribution in [0.25, 0.3) is 0 Å². The Morgan fingerprint density at radius 3 is 2.07 bits per heavy atom. The highest BCUT2D eigenvalue weighted by Crippen LogP contribution is 2.29. The van der Waals surface area contributed by atoms with Gasteiger partial charge in [-0.25, -0.2) is 9.67 Å². The summed E-state index contributed by atoms with van der Waals surface area (Å²) in [7, 11) is 0. The molecule has 2 amide bonds. The minimum absolute atomic E-state index is 0.0945. The van der Waals surface area contributed by atoms with Gasteiger partial charge < -0.3 is 10.6 Å². The first-order chi connectivity index (χ1) is 13.7. The number of benzene rings is 2. The number of nitrogens with one attached hydrogen (secondary N) is 2. The van der Waals surface area contributed by atoms with Crippen molar-refractivity contribution in [2.75, 3.05) is 10.6 Å². The summed E-state index contributed by atoms with van der Waals surface area (Å²) in [4.78, 5) is 28.2. The number of carbonyl (C=O) groups excluding carboxylic acids is 2. The minimum atomic E-state index is -4.46. The number of hydrogen-bond donors (Lipinski definition) is 2. The predicted octanol–water partition coefficient (Wildman–Crippen LogP) is 3.75. The van der Waals surface area contributed by atoms with E-state index in [1.165, 1.54) is 17.3 Å². The average Bonchev–Trinajstić information content (AvgIpc) is 3.23. The van der Waals surface area contributed by atoms with Crippen LogP contribution in [-0.2, 0) is 11.0 Å². The van der Waals surface area contributed by atoms with E-state index in [1.54, 1.807) is 31.2 Å². The summed E-state index contributed by atoms with van der Waals surface area (Å²) in [5.74, 6) is -0.840. The van der Waals surface area contributed by atoms with Gasteiger partial charge in [0.2, 0.25) is 5.91 Å². The Labute approximate surface area is 163 Å². The molecule has 0 saturated carbocycles. The number of alkyl halides is 3. The monoisotopic (exact) mass is 403 g/mol. The molecule has 1 heterocycles. The zero-order valence-corrected chi connectivity index (χ0v) is 15.1. The minimum Gasteiger partial charge on any atom is -0.324 e. The van der Waals surface area contributed by atoms with E-state index in [2.05, 4.69) is 20.7 Å². The first kappa shape index (κ1) is 20.1. The third-order valence-corrected chi connectivity index (χ3v) is 4.10. The Bertz CT molecular complexity index is 984. The van der Waals surface area contributed by atoms with Gasteiger partial charge in [-0.1, -0.05) is 0 Å². The Balaban J connectivity index is 1.60. The maximum Gasteiger partial charge on any atom is 0.416 e. The maximum absolute atomic E-state index is 12.6. The molecule has 1 atom stereocenters. The van der Waals surface area contributed by atoms with E-state index in [0.29, 0.717) is 11.4 Å². The highest BCUT2D eigenvalue weighted by atomic mass is 19.4. The normalized spacial score (nSPS) is 12.3. The van der Waals surface area contributed by atoms with Crippen LogP contribution >= 0.6 is 0 Å². The van der Waals surface area contributed by atoms with Crippen molar-refractivity contribution in [1.29, 1.82) is 0 Å².